The van der Waals surface area contributed by atoms with Crippen LogP contribution in [0.25, 0.3) is 0 Å². The molecule has 4 heteroatoms. The third-order valence-corrected chi connectivity index (χ3v) is 2.36. The first kappa shape index (κ1) is 10.1. The Kier molecular flexibility index (Phi) is 2.35. The molecule has 0 aliphatic carbocycles. The molecule has 0 aromatic heterocycles. The average Bonchev–Trinajstić information content (AvgIpc) is 2.03. The molecule has 1 rings (SSSR count). The Morgan fingerprint density at radius 2 is 2.00 bits per heavy atom. The molecule has 0 saturated heterocycles. The lowest BCUT2D eigenvalue weighted by molar-refractivity contribution is -0.894. The van der Waals surface area contributed by atoms with Gasteiger partial charge in [-0.25, -0.2) is 0 Å². The summed E-state index contributed by atoms with van der Waals surface area (Å²) in [5.41, 5.74) is -1.03. The predicted octanol–water partition coefficient (Wildman–Crippen LogP) is -1.07. The van der Waals surface area contributed by atoms with Crippen molar-refractivity contribution in [2.24, 2.45) is 0 Å². The minimum atomic E-state index is -1.07. The number of nitrogens with zero attached hydrogens (tertiary/aromatic N) is 1. The topological polar surface area (TPSA) is 40.1 Å². The molecule has 69 valence electrons. The summed E-state index contributed by atoms with van der Waals surface area (Å²) in [7, 11) is 7.14. The van der Waals surface area contributed by atoms with Crippen LogP contribution in [0.4, 0.5) is 0 Å². The molecule has 1 radical (unpaired) electrons. The molecule has 0 bridgehead atoms. The fourth-order valence-corrected chi connectivity index (χ4v) is 1.38. The van der Waals surface area contributed by atoms with Crippen LogP contribution >= 0.6 is 0 Å². The molecule has 1 atom stereocenters. The average molecular weight is 178 g/mol. The van der Waals surface area contributed by atoms with Crippen molar-refractivity contribution in [2.75, 3.05) is 21.1 Å². The molecule has 0 aromatic rings. The highest BCUT2D eigenvalue weighted by Gasteiger charge is 2.42. The minimum absolute atomic E-state index is 0.288. The highest BCUT2D eigenvalue weighted by Crippen LogP contribution is 2.21. The number of aliphatic carboxylic acids is 1. The smallest absolute Gasteiger partial charge is 0.239 e. The number of carboxylic acids is 1. The third-order valence-electron chi connectivity index (χ3n) is 2.36. The molecular formula is C9H13BNO2. The molecule has 0 saturated carbocycles. The van der Waals surface area contributed by atoms with Crippen molar-refractivity contribution in [3.63, 3.8) is 0 Å². The maximum absolute atomic E-state index is 11.1. The Bertz CT molecular complexity index is 278. The summed E-state index contributed by atoms with van der Waals surface area (Å²) in [6.45, 7) is 0. The lowest BCUT2D eigenvalue weighted by Crippen LogP contribution is -2.68. The van der Waals surface area contributed by atoms with Crippen LogP contribution in [0.3, 0.4) is 0 Å². The zero-order valence-electron chi connectivity index (χ0n) is 8.15. The number of carbonyl (C=O) groups is 1. The van der Waals surface area contributed by atoms with Crippen LogP contribution in [0.1, 0.15) is 0 Å². The van der Waals surface area contributed by atoms with E-state index in [9.17, 15) is 9.90 Å². The van der Waals surface area contributed by atoms with Gasteiger partial charge in [-0.3, -0.25) is 0 Å². The summed E-state index contributed by atoms with van der Waals surface area (Å²) in [4.78, 5) is 11.1. The van der Waals surface area contributed by atoms with Gasteiger partial charge in [0.2, 0.25) is 7.28 Å². The maximum Gasteiger partial charge on any atom is 0.239 e. The Hall–Kier alpha value is -1.03. The van der Waals surface area contributed by atoms with E-state index in [4.69, 9.17) is 0 Å². The highest BCUT2D eigenvalue weighted by molar-refractivity contribution is 6.52. The first-order chi connectivity index (χ1) is 5.90. The van der Waals surface area contributed by atoms with Gasteiger partial charge in [0, 0.05) is 0 Å². The molecule has 0 spiro atoms. The molecule has 13 heavy (non-hydrogen) atoms. The van der Waals surface area contributed by atoms with Gasteiger partial charge in [-0.15, -0.1) is 5.98 Å². The Balaban J connectivity index is 3.10. The van der Waals surface area contributed by atoms with E-state index in [0.717, 1.165) is 0 Å². The lowest BCUT2D eigenvalue weighted by Gasteiger charge is -2.45. The van der Waals surface area contributed by atoms with E-state index in [1.54, 1.807) is 31.5 Å². The number of allylic oxidation sites excluding steroid dienone is 2. The molecule has 0 aromatic carbocycles. The zero-order chi connectivity index (χ0) is 10.1. The van der Waals surface area contributed by atoms with Crippen molar-refractivity contribution < 1.29 is 14.4 Å². The maximum atomic E-state index is 11.1. The molecule has 0 amide bonds. The molecule has 1 aliphatic rings. The Morgan fingerprint density at radius 1 is 1.38 bits per heavy atom. The Labute approximate surface area is 79.2 Å². The summed E-state index contributed by atoms with van der Waals surface area (Å²) in [6, 6.07) is 0. The fraction of sp³-hybridized carbons (Fsp3) is 0.444. The molecule has 1 heterocycles. The van der Waals surface area contributed by atoms with Crippen molar-refractivity contribution in [2.45, 2.75) is 5.44 Å². The number of rotatable bonds is 2. The van der Waals surface area contributed by atoms with E-state index in [2.05, 4.69) is 0 Å². The summed E-state index contributed by atoms with van der Waals surface area (Å²) in [5.74, 6) is 0.667. The van der Waals surface area contributed by atoms with Gasteiger partial charge >= 0.3 is 0 Å². The second kappa shape index (κ2) is 3.03. The van der Waals surface area contributed by atoms with Crippen molar-refractivity contribution in [3.05, 3.63) is 24.2 Å². The molecule has 0 fully saturated rings. The number of likely N-dealkylation sites (N-methyl/N-ethyl adjacent to an activating group) is 1. The van der Waals surface area contributed by atoms with Crippen LogP contribution < -0.4 is 5.11 Å². The van der Waals surface area contributed by atoms with Crippen molar-refractivity contribution >= 4 is 13.2 Å². The van der Waals surface area contributed by atoms with E-state index in [-0.39, 0.29) is 4.48 Å². The van der Waals surface area contributed by atoms with E-state index >= 15 is 0 Å². The standard InChI is InChI=1S/C9H13BNO2/c1-11(2,3)9(8(12)13)6-4-5-7-10-9/h4-7H,1-3H3. The molecule has 3 nitrogen and oxygen atoms in total. The largest absolute Gasteiger partial charge is 0.544 e. The van der Waals surface area contributed by atoms with E-state index < -0.39 is 11.4 Å². The van der Waals surface area contributed by atoms with Crippen LogP contribution in [0.2, 0.25) is 0 Å². The quantitative estimate of drug-likeness (QED) is 0.399. The monoisotopic (exact) mass is 178 g/mol. The molecule has 1 unspecified atom stereocenters. The normalized spacial score (nSPS) is 27.0. The zero-order valence-corrected chi connectivity index (χ0v) is 8.15. The van der Waals surface area contributed by atoms with Gasteiger partial charge in [0.05, 0.1) is 27.1 Å². The number of quaternary nitrogens is 1. The van der Waals surface area contributed by atoms with Crippen molar-refractivity contribution in [3.8, 4) is 0 Å². The van der Waals surface area contributed by atoms with Gasteiger partial charge in [0.25, 0.3) is 0 Å². The van der Waals surface area contributed by atoms with Crippen LogP contribution in [0, 0.1) is 0 Å². The van der Waals surface area contributed by atoms with Crippen molar-refractivity contribution in [1.82, 2.24) is 0 Å². The fourth-order valence-electron chi connectivity index (χ4n) is 1.38. The Morgan fingerprint density at radius 3 is 2.23 bits per heavy atom. The SMILES string of the molecule is C[N+](C)(C)C1(C(=O)[O-])[B]C=CC=C1. The van der Waals surface area contributed by atoms with Gasteiger partial charge < -0.3 is 14.4 Å². The highest BCUT2D eigenvalue weighted by atomic mass is 16.4. The van der Waals surface area contributed by atoms with E-state index in [1.165, 1.54) is 0 Å². The molecule has 1 aliphatic heterocycles. The number of hydrogen-bond acceptors (Lipinski definition) is 2. The first-order valence-corrected chi connectivity index (χ1v) is 4.13. The van der Waals surface area contributed by atoms with Gasteiger partial charge in [-0.2, -0.15) is 0 Å². The van der Waals surface area contributed by atoms with Crippen LogP contribution in [-0.4, -0.2) is 44.3 Å². The summed E-state index contributed by atoms with van der Waals surface area (Å²) >= 11 is 0. The minimum Gasteiger partial charge on any atom is -0.544 e. The number of carbonyl (C=O) groups excluding carboxylic acids is 1. The third kappa shape index (κ3) is 1.54. The first-order valence-electron chi connectivity index (χ1n) is 4.13. The lowest BCUT2D eigenvalue weighted by atomic mass is 9.54. The summed E-state index contributed by atoms with van der Waals surface area (Å²) < 4.78 is 0.288. The van der Waals surface area contributed by atoms with Gasteiger partial charge in [-0.05, 0) is 6.08 Å². The predicted molar refractivity (Wildman–Crippen MR) is 49.8 cm³/mol. The van der Waals surface area contributed by atoms with E-state index in [0.29, 0.717) is 0 Å². The van der Waals surface area contributed by atoms with Crippen LogP contribution in [0.5, 0.6) is 0 Å². The summed E-state index contributed by atoms with van der Waals surface area (Å²) in [6.07, 6.45) is 5.19. The summed E-state index contributed by atoms with van der Waals surface area (Å²) in [5, 5.41) is 11.1. The van der Waals surface area contributed by atoms with Crippen molar-refractivity contribution in [1.29, 1.82) is 0 Å². The number of hydrogen-bond donors (Lipinski definition) is 0. The molecule has 0 N–H and O–H groups in total. The van der Waals surface area contributed by atoms with Crippen LogP contribution in [-0.2, 0) is 4.79 Å². The van der Waals surface area contributed by atoms with Gasteiger partial charge in [0.15, 0.2) is 0 Å². The van der Waals surface area contributed by atoms with Gasteiger partial charge in [-0.1, -0.05) is 12.2 Å². The number of carboxylic acid groups (broad SMARTS) is 1. The second-order valence-corrected chi connectivity index (χ2v) is 4.04. The van der Waals surface area contributed by atoms with E-state index in [1.807, 2.05) is 21.1 Å². The van der Waals surface area contributed by atoms with Gasteiger partial charge in [0.1, 0.15) is 5.44 Å². The molecular weight excluding hydrogens is 165 g/mol. The van der Waals surface area contributed by atoms with Crippen LogP contribution in [0.15, 0.2) is 24.2 Å². The second-order valence-electron chi connectivity index (χ2n) is 4.04.